The van der Waals surface area contributed by atoms with Gasteiger partial charge in [-0.05, 0) is 44.4 Å². The van der Waals surface area contributed by atoms with Crippen molar-refractivity contribution in [1.82, 2.24) is 4.90 Å². The van der Waals surface area contributed by atoms with E-state index in [0.717, 1.165) is 37.8 Å². The highest BCUT2D eigenvalue weighted by molar-refractivity contribution is 5.79. The predicted molar refractivity (Wildman–Crippen MR) is 66.0 cm³/mol. The summed E-state index contributed by atoms with van der Waals surface area (Å²) < 4.78 is 0. The summed E-state index contributed by atoms with van der Waals surface area (Å²) in [5.74, 6) is 2.45. The van der Waals surface area contributed by atoms with E-state index in [9.17, 15) is 4.79 Å². The molecule has 1 saturated heterocycles. The van der Waals surface area contributed by atoms with Gasteiger partial charge in [-0.1, -0.05) is 19.1 Å². The second kappa shape index (κ2) is 5.03. The molecule has 0 bridgehead atoms. The zero-order valence-electron chi connectivity index (χ0n) is 10.5. The average molecular weight is 221 g/mol. The highest BCUT2D eigenvalue weighted by atomic mass is 16.2. The summed E-state index contributed by atoms with van der Waals surface area (Å²) >= 11 is 0. The molecule has 0 N–H and O–H groups in total. The Hall–Kier alpha value is -0.790. The molecule has 16 heavy (non-hydrogen) atoms. The molecule has 1 saturated carbocycles. The van der Waals surface area contributed by atoms with E-state index in [1.165, 1.54) is 12.8 Å². The zero-order chi connectivity index (χ0) is 11.5. The summed E-state index contributed by atoms with van der Waals surface area (Å²) in [6.45, 7) is 6.08. The van der Waals surface area contributed by atoms with E-state index in [1.54, 1.807) is 0 Å². The Morgan fingerprint density at radius 2 is 2.25 bits per heavy atom. The van der Waals surface area contributed by atoms with E-state index < -0.39 is 0 Å². The third-order valence-corrected chi connectivity index (χ3v) is 4.07. The average Bonchev–Trinajstić information content (AvgIpc) is 2.96. The first-order valence-corrected chi connectivity index (χ1v) is 6.62. The van der Waals surface area contributed by atoms with Gasteiger partial charge in [-0.2, -0.15) is 0 Å². The van der Waals surface area contributed by atoms with E-state index >= 15 is 0 Å². The Bertz CT molecular complexity index is 284. The Morgan fingerprint density at radius 3 is 2.88 bits per heavy atom. The minimum absolute atomic E-state index is 0.328. The summed E-state index contributed by atoms with van der Waals surface area (Å²) in [6.07, 6.45) is 8.91. The Morgan fingerprint density at radius 1 is 1.50 bits per heavy atom. The minimum atomic E-state index is 0.328. The lowest BCUT2D eigenvalue weighted by Crippen LogP contribution is -2.41. The highest BCUT2D eigenvalue weighted by Gasteiger charge is 2.38. The van der Waals surface area contributed by atoms with Crippen LogP contribution in [0.15, 0.2) is 12.2 Å². The molecule has 2 rings (SSSR count). The number of piperidine rings is 1. The number of likely N-dealkylation sites (tertiary alicyclic amines) is 1. The number of nitrogens with zero attached hydrogens (tertiary/aromatic N) is 1. The summed E-state index contributed by atoms with van der Waals surface area (Å²) in [4.78, 5) is 14.2. The van der Waals surface area contributed by atoms with Crippen molar-refractivity contribution >= 4 is 5.91 Å². The molecule has 0 aromatic heterocycles. The van der Waals surface area contributed by atoms with Crippen molar-refractivity contribution in [3.63, 3.8) is 0 Å². The van der Waals surface area contributed by atoms with Gasteiger partial charge in [-0.3, -0.25) is 4.79 Å². The van der Waals surface area contributed by atoms with Gasteiger partial charge in [0.15, 0.2) is 0 Å². The minimum Gasteiger partial charge on any atom is -0.339 e. The van der Waals surface area contributed by atoms with Gasteiger partial charge in [-0.25, -0.2) is 0 Å². The van der Waals surface area contributed by atoms with E-state index in [1.807, 2.05) is 17.9 Å². The lowest BCUT2D eigenvalue weighted by atomic mass is 9.91. The van der Waals surface area contributed by atoms with Gasteiger partial charge >= 0.3 is 0 Å². The van der Waals surface area contributed by atoms with Crippen molar-refractivity contribution in [2.75, 3.05) is 13.1 Å². The molecular weight excluding hydrogens is 198 g/mol. The number of carbonyl (C=O) groups excluding carboxylic acids is 1. The lowest BCUT2D eigenvalue weighted by molar-refractivity contribution is -0.138. The fourth-order valence-electron chi connectivity index (χ4n) is 2.75. The molecule has 0 aromatic rings. The number of rotatable bonds is 4. The molecule has 0 aromatic carbocycles. The first kappa shape index (κ1) is 11.7. The van der Waals surface area contributed by atoms with Crippen LogP contribution >= 0.6 is 0 Å². The molecular formula is C14H23NO. The number of hydrogen-bond acceptors (Lipinski definition) is 1. The van der Waals surface area contributed by atoms with Gasteiger partial charge in [0.25, 0.3) is 0 Å². The van der Waals surface area contributed by atoms with E-state index in [0.29, 0.717) is 11.8 Å². The Balaban J connectivity index is 1.86. The van der Waals surface area contributed by atoms with Crippen LogP contribution in [-0.2, 0) is 4.79 Å². The molecule has 3 atom stereocenters. The van der Waals surface area contributed by atoms with Crippen molar-refractivity contribution in [3.8, 4) is 0 Å². The fourth-order valence-corrected chi connectivity index (χ4v) is 2.75. The van der Waals surface area contributed by atoms with Gasteiger partial charge in [0.05, 0.1) is 0 Å². The Kier molecular flexibility index (Phi) is 3.67. The van der Waals surface area contributed by atoms with Crippen molar-refractivity contribution in [2.24, 2.45) is 17.8 Å². The number of amides is 1. The SMILES string of the molecule is CC=CCN1CCCC(CC2CC2C)C1=O. The van der Waals surface area contributed by atoms with Crippen LogP contribution in [0.2, 0.25) is 0 Å². The standard InChI is InChI=1S/C14H23NO/c1-3-4-7-15-8-5-6-12(14(15)16)10-13-9-11(13)2/h3-4,11-13H,5-10H2,1-2H3. The van der Waals surface area contributed by atoms with Crippen LogP contribution in [0, 0.1) is 17.8 Å². The van der Waals surface area contributed by atoms with Gasteiger partial charge in [0.2, 0.25) is 5.91 Å². The molecule has 1 aliphatic heterocycles. The second-order valence-corrected chi connectivity index (χ2v) is 5.40. The maximum Gasteiger partial charge on any atom is 0.225 e. The Labute approximate surface area is 98.7 Å². The molecule has 3 unspecified atom stereocenters. The van der Waals surface area contributed by atoms with Crippen molar-refractivity contribution < 1.29 is 4.79 Å². The topological polar surface area (TPSA) is 20.3 Å². The molecule has 0 spiro atoms. The van der Waals surface area contributed by atoms with Gasteiger partial charge in [0, 0.05) is 19.0 Å². The third kappa shape index (κ3) is 2.66. The van der Waals surface area contributed by atoms with E-state index in [2.05, 4.69) is 13.0 Å². The van der Waals surface area contributed by atoms with Gasteiger partial charge in [0.1, 0.15) is 0 Å². The van der Waals surface area contributed by atoms with Gasteiger partial charge < -0.3 is 4.90 Å². The maximum absolute atomic E-state index is 12.2. The predicted octanol–water partition coefficient (Wildman–Crippen LogP) is 2.85. The van der Waals surface area contributed by atoms with Crippen LogP contribution in [0.1, 0.15) is 39.5 Å². The van der Waals surface area contributed by atoms with Crippen LogP contribution in [0.25, 0.3) is 0 Å². The van der Waals surface area contributed by atoms with Crippen molar-refractivity contribution in [1.29, 1.82) is 0 Å². The maximum atomic E-state index is 12.2. The summed E-state index contributed by atoms with van der Waals surface area (Å²) in [5.41, 5.74) is 0. The monoisotopic (exact) mass is 221 g/mol. The van der Waals surface area contributed by atoms with Crippen LogP contribution < -0.4 is 0 Å². The quantitative estimate of drug-likeness (QED) is 0.668. The molecule has 2 nitrogen and oxygen atoms in total. The first-order chi connectivity index (χ1) is 7.72. The molecule has 1 aliphatic carbocycles. The van der Waals surface area contributed by atoms with Crippen LogP contribution in [0.4, 0.5) is 0 Å². The van der Waals surface area contributed by atoms with Crippen LogP contribution in [0.3, 0.4) is 0 Å². The van der Waals surface area contributed by atoms with Crippen molar-refractivity contribution in [3.05, 3.63) is 12.2 Å². The molecule has 2 heteroatoms. The zero-order valence-corrected chi connectivity index (χ0v) is 10.5. The van der Waals surface area contributed by atoms with Crippen LogP contribution in [-0.4, -0.2) is 23.9 Å². The van der Waals surface area contributed by atoms with E-state index in [-0.39, 0.29) is 0 Å². The second-order valence-electron chi connectivity index (χ2n) is 5.40. The summed E-state index contributed by atoms with van der Waals surface area (Å²) in [6, 6.07) is 0. The van der Waals surface area contributed by atoms with Crippen LogP contribution in [0.5, 0.6) is 0 Å². The van der Waals surface area contributed by atoms with Gasteiger partial charge in [-0.15, -0.1) is 0 Å². The highest BCUT2D eigenvalue weighted by Crippen LogP contribution is 2.44. The largest absolute Gasteiger partial charge is 0.339 e. The molecule has 1 amide bonds. The number of allylic oxidation sites excluding steroid dienone is 1. The number of hydrogen-bond donors (Lipinski definition) is 0. The molecule has 2 aliphatic rings. The fraction of sp³-hybridized carbons (Fsp3) is 0.786. The molecule has 2 fully saturated rings. The molecule has 90 valence electrons. The number of carbonyl (C=O) groups is 1. The molecule has 0 radical (unpaired) electrons. The van der Waals surface area contributed by atoms with E-state index in [4.69, 9.17) is 0 Å². The smallest absolute Gasteiger partial charge is 0.225 e. The first-order valence-electron chi connectivity index (χ1n) is 6.62. The summed E-state index contributed by atoms with van der Waals surface area (Å²) in [5, 5.41) is 0. The third-order valence-electron chi connectivity index (χ3n) is 4.07. The normalized spacial score (nSPS) is 34.8. The molecule has 1 heterocycles. The van der Waals surface area contributed by atoms with Crippen molar-refractivity contribution in [2.45, 2.75) is 39.5 Å². The lowest BCUT2D eigenvalue weighted by Gasteiger charge is -2.31. The summed E-state index contributed by atoms with van der Waals surface area (Å²) in [7, 11) is 0.